The van der Waals surface area contributed by atoms with Crippen molar-refractivity contribution in [2.75, 3.05) is 42.7 Å². The molecule has 4 aromatic carbocycles. The molecule has 0 bridgehead atoms. The van der Waals surface area contributed by atoms with Gasteiger partial charge in [-0.05, 0) is 46.8 Å². The number of esters is 1. The lowest BCUT2D eigenvalue weighted by Gasteiger charge is -2.22. The Balaban J connectivity index is 2.26. The molecule has 1 heterocycles. The fourth-order valence-electron chi connectivity index (χ4n) is 5.13. The van der Waals surface area contributed by atoms with Crippen LogP contribution in [-0.2, 0) is 4.74 Å². The molecule has 9 heteroatoms. The van der Waals surface area contributed by atoms with Crippen molar-refractivity contribution < 1.29 is 37.6 Å². The van der Waals surface area contributed by atoms with Crippen LogP contribution in [0.4, 0.5) is 0 Å². The van der Waals surface area contributed by atoms with Crippen LogP contribution in [0.1, 0.15) is 15.9 Å². The Labute approximate surface area is 205 Å². The molecular weight excluding hydrogens is 468 g/mol. The van der Waals surface area contributed by atoms with Crippen LogP contribution in [0.15, 0.2) is 27.4 Å². The van der Waals surface area contributed by atoms with Crippen LogP contribution in [0.25, 0.3) is 43.3 Å². The zero-order chi connectivity index (χ0) is 25.9. The molecule has 0 aliphatic carbocycles. The van der Waals surface area contributed by atoms with Gasteiger partial charge in [0.1, 0.15) is 0 Å². The summed E-state index contributed by atoms with van der Waals surface area (Å²) >= 11 is 0. The molecule has 0 aliphatic rings. The van der Waals surface area contributed by atoms with E-state index in [-0.39, 0.29) is 28.0 Å². The highest BCUT2D eigenvalue weighted by Gasteiger charge is 2.31. The van der Waals surface area contributed by atoms with Gasteiger partial charge < -0.3 is 32.8 Å². The average Bonchev–Trinajstić information content (AvgIpc) is 2.89. The number of carbonyl (C=O) groups excluding carboxylic acids is 1. The van der Waals surface area contributed by atoms with Crippen LogP contribution in [0, 0.1) is 6.92 Å². The van der Waals surface area contributed by atoms with Crippen LogP contribution in [0.5, 0.6) is 28.7 Å². The molecular formula is C27H24O9. The highest BCUT2D eigenvalue weighted by molar-refractivity contribution is 6.36. The van der Waals surface area contributed by atoms with Gasteiger partial charge in [-0.3, -0.25) is 0 Å². The average molecular weight is 492 g/mol. The summed E-state index contributed by atoms with van der Waals surface area (Å²) in [7, 11) is 8.80. The molecule has 0 N–H and O–H groups in total. The maximum atomic E-state index is 13.5. The third kappa shape index (κ3) is 2.89. The van der Waals surface area contributed by atoms with Gasteiger partial charge in [0, 0.05) is 16.2 Å². The van der Waals surface area contributed by atoms with Gasteiger partial charge in [-0.2, -0.15) is 0 Å². The second-order valence-electron chi connectivity index (χ2n) is 8.18. The number of aryl methyl sites for hydroxylation is 1. The lowest BCUT2D eigenvalue weighted by atomic mass is 9.87. The van der Waals surface area contributed by atoms with E-state index in [0.29, 0.717) is 44.4 Å². The lowest BCUT2D eigenvalue weighted by Crippen LogP contribution is -2.13. The van der Waals surface area contributed by atoms with E-state index in [2.05, 4.69) is 0 Å². The summed E-state index contributed by atoms with van der Waals surface area (Å²) in [4.78, 5) is 26.3. The predicted octanol–water partition coefficient (Wildman–Crippen LogP) is 4.83. The molecule has 0 unspecified atom stereocenters. The molecule has 0 fully saturated rings. The van der Waals surface area contributed by atoms with E-state index in [0.717, 1.165) is 10.8 Å². The monoisotopic (exact) mass is 492 g/mol. The Morgan fingerprint density at radius 2 is 1.25 bits per heavy atom. The third-order valence-corrected chi connectivity index (χ3v) is 6.58. The molecule has 1 aromatic heterocycles. The SMILES string of the molecule is COC(=O)c1c(C)cc2c3cc(OC)c(OC)cc3c3c(OC)c(OC)c(OC)c4oc(=O)c1c2c43. The van der Waals surface area contributed by atoms with Gasteiger partial charge in [-0.1, -0.05) is 0 Å². The van der Waals surface area contributed by atoms with Crippen molar-refractivity contribution >= 4 is 49.3 Å². The number of ether oxygens (including phenoxy) is 6. The van der Waals surface area contributed by atoms with E-state index >= 15 is 0 Å². The lowest BCUT2D eigenvalue weighted by molar-refractivity contribution is 0.0602. The molecule has 0 atom stereocenters. The zero-order valence-corrected chi connectivity index (χ0v) is 20.9. The summed E-state index contributed by atoms with van der Waals surface area (Å²) in [6.45, 7) is 1.75. The van der Waals surface area contributed by atoms with Gasteiger partial charge in [-0.15, -0.1) is 0 Å². The van der Waals surface area contributed by atoms with Crippen molar-refractivity contribution in [3.05, 3.63) is 39.7 Å². The first-order valence-corrected chi connectivity index (χ1v) is 11.0. The molecule has 36 heavy (non-hydrogen) atoms. The van der Waals surface area contributed by atoms with E-state index in [1.54, 1.807) is 21.1 Å². The van der Waals surface area contributed by atoms with Crippen molar-refractivity contribution in [2.45, 2.75) is 6.92 Å². The summed E-state index contributed by atoms with van der Waals surface area (Å²) in [6, 6.07) is 5.52. The largest absolute Gasteiger partial charge is 0.493 e. The maximum absolute atomic E-state index is 13.5. The van der Waals surface area contributed by atoms with Crippen molar-refractivity contribution in [3.63, 3.8) is 0 Å². The molecule has 0 saturated carbocycles. The number of carbonyl (C=O) groups is 1. The first kappa shape index (κ1) is 23.3. The summed E-state index contributed by atoms with van der Waals surface area (Å²) in [5.74, 6) is 1.19. The van der Waals surface area contributed by atoms with Crippen molar-refractivity contribution in [1.82, 2.24) is 0 Å². The van der Waals surface area contributed by atoms with Gasteiger partial charge in [0.25, 0.3) is 0 Å². The number of fused-ring (bicyclic) bond motifs is 3. The summed E-state index contributed by atoms with van der Waals surface area (Å²) in [5.41, 5.74) is 0.162. The first-order valence-electron chi connectivity index (χ1n) is 11.0. The van der Waals surface area contributed by atoms with Gasteiger partial charge in [0.2, 0.25) is 11.5 Å². The number of rotatable bonds is 6. The minimum Gasteiger partial charge on any atom is -0.493 e. The summed E-state index contributed by atoms with van der Waals surface area (Å²) < 4.78 is 39.1. The van der Waals surface area contributed by atoms with E-state index in [1.165, 1.54) is 28.4 Å². The van der Waals surface area contributed by atoms with Gasteiger partial charge in [-0.25, -0.2) is 9.59 Å². The van der Waals surface area contributed by atoms with Crippen molar-refractivity contribution in [3.8, 4) is 28.7 Å². The van der Waals surface area contributed by atoms with Gasteiger partial charge in [0.05, 0.1) is 53.6 Å². The minimum absolute atomic E-state index is 0.111. The molecule has 5 rings (SSSR count). The third-order valence-electron chi connectivity index (χ3n) is 6.58. The highest BCUT2D eigenvalue weighted by atomic mass is 16.5. The summed E-state index contributed by atoms with van der Waals surface area (Å²) in [5, 5.41) is 3.97. The molecule has 0 radical (unpaired) electrons. The van der Waals surface area contributed by atoms with Crippen LogP contribution in [-0.4, -0.2) is 48.6 Å². The molecule has 186 valence electrons. The quantitative estimate of drug-likeness (QED) is 0.143. The van der Waals surface area contributed by atoms with Crippen molar-refractivity contribution in [1.29, 1.82) is 0 Å². The van der Waals surface area contributed by atoms with E-state index in [4.69, 9.17) is 32.8 Å². The number of benzene rings is 4. The number of hydrogen-bond acceptors (Lipinski definition) is 9. The van der Waals surface area contributed by atoms with Crippen LogP contribution in [0.3, 0.4) is 0 Å². The van der Waals surface area contributed by atoms with Gasteiger partial charge in [0.15, 0.2) is 22.8 Å². The summed E-state index contributed by atoms with van der Waals surface area (Å²) in [6.07, 6.45) is 0. The number of hydrogen-bond donors (Lipinski definition) is 0. The van der Waals surface area contributed by atoms with Crippen LogP contribution >= 0.6 is 0 Å². The Kier molecular flexibility index (Phi) is 5.43. The second-order valence-corrected chi connectivity index (χ2v) is 8.18. The Morgan fingerprint density at radius 1 is 0.667 bits per heavy atom. The molecule has 0 amide bonds. The fourth-order valence-corrected chi connectivity index (χ4v) is 5.13. The molecule has 9 nitrogen and oxygen atoms in total. The molecule has 0 aliphatic heterocycles. The Bertz CT molecular complexity index is 1750. The predicted molar refractivity (Wildman–Crippen MR) is 135 cm³/mol. The molecule has 0 spiro atoms. The highest BCUT2D eigenvalue weighted by Crippen LogP contribution is 2.54. The Hall–Kier alpha value is -4.40. The van der Waals surface area contributed by atoms with Gasteiger partial charge >= 0.3 is 11.6 Å². The molecule has 5 aromatic rings. The second kappa shape index (κ2) is 8.37. The van der Waals surface area contributed by atoms with Crippen molar-refractivity contribution in [2.24, 2.45) is 0 Å². The molecule has 0 saturated heterocycles. The normalized spacial score (nSPS) is 11.4. The van der Waals surface area contributed by atoms with E-state index in [9.17, 15) is 9.59 Å². The van der Waals surface area contributed by atoms with Crippen LogP contribution < -0.4 is 29.3 Å². The smallest absolute Gasteiger partial charge is 0.345 e. The number of methoxy groups -OCH3 is 6. The van der Waals surface area contributed by atoms with Crippen LogP contribution in [0.2, 0.25) is 0 Å². The maximum Gasteiger partial charge on any atom is 0.345 e. The first-order chi connectivity index (χ1) is 17.4. The zero-order valence-electron chi connectivity index (χ0n) is 20.9. The minimum atomic E-state index is -0.705. The fraction of sp³-hybridized carbons (Fsp3) is 0.259. The van der Waals surface area contributed by atoms with E-state index in [1.807, 2.05) is 18.2 Å². The standard InChI is InChI=1S/C27H24O9/c1-11-8-13-12-9-15(30-2)16(31-3)10-14(12)19-20-18(13)21(17(11)26(28)35-7)27(29)36-23(20)25(34-6)24(33-5)22(19)32-4/h8-10H,1-7H3. The topological polar surface area (TPSA) is 103 Å². The van der Waals surface area contributed by atoms with E-state index < -0.39 is 11.6 Å². The Morgan fingerprint density at radius 3 is 1.81 bits per heavy atom.